The average molecular weight is 929 g/mol. The summed E-state index contributed by atoms with van der Waals surface area (Å²) < 4.78 is 2.26. The second-order valence-electron chi connectivity index (χ2n) is 13.2. The molecular formula is C39H34ClCoN10O8S2-. The molecule has 0 unspecified atom stereocenters. The van der Waals surface area contributed by atoms with Gasteiger partial charge in [-0.15, -0.1) is 0 Å². The molecule has 61 heavy (non-hydrogen) atoms. The zero-order valence-electron chi connectivity index (χ0n) is 32.7. The van der Waals surface area contributed by atoms with Gasteiger partial charge in [0, 0.05) is 93.4 Å². The minimum atomic E-state index is -0.583. The molecule has 0 spiro atoms. The van der Waals surface area contributed by atoms with Crippen LogP contribution in [0.25, 0.3) is 6.08 Å². The summed E-state index contributed by atoms with van der Waals surface area (Å²) in [6.07, 6.45) is 13.6. The van der Waals surface area contributed by atoms with Crippen LogP contribution >= 0.6 is 34.3 Å². The first-order chi connectivity index (χ1) is 28.4. The van der Waals surface area contributed by atoms with E-state index in [4.69, 9.17) is 11.6 Å². The van der Waals surface area contributed by atoms with Crippen LogP contribution < -0.4 is 24.5 Å². The molecule has 0 atom stereocenters. The molecule has 2 aromatic heterocycles. The molecular weight excluding hydrogens is 895 g/mol. The number of ketones is 2. The molecule has 3 heterocycles. The van der Waals surface area contributed by atoms with Crippen molar-refractivity contribution in [1.29, 1.82) is 0 Å². The molecule has 3 aliphatic rings. The first-order valence-electron chi connectivity index (χ1n) is 17.3. The second-order valence-corrected chi connectivity index (χ2v) is 15.6. The number of halogens is 1. The van der Waals surface area contributed by atoms with Gasteiger partial charge in [-0.2, -0.15) is 4.58 Å². The first kappa shape index (κ1) is 47.0. The Hall–Kier alpha value is -6.65. The molecule has 317 valence electrons. The molecule has 0 fully saturated rings. The summed E-state index contributed by atoms with van der Waals surface area (Å²) in [7, 11) is 6.23. The van der Waals surface area contributed by atoms with Gasteiger partial charge in [0.15, 0.2) is 17.3 Å². The van der Waals surface area contributed by atoms with Crippen LogP contribution in [-0.4, -0.2) is 74.5 Å². The quantitative estimate of drug-likeness (QED) is 0.0939. The average Bonchev–Trinajstić information content (AvgIpc) is 3.92. The van der Waals surface area contributed by atoms with Crippen LogP contribution in [0.2, 0.25) is 5.02 Å². The molecule has 0 bridgehead atoms. The number of carbonyl (C=O) groups is 2. The zero-order valence-corrected chi connectivity index (χ0v) is 36.1. The van der Waals surface area contributed by atoms with Crippen LogP contribution in [0, 0.1) is 20.2 Å². The molecule has 2 aliphatic carbocycles. The third kappa shape index (κ3) is 12.2. The van der Waals surface area contributed by atoms with Crippen molar-refractivity contribution in [2.75, 3.05) is 26.0 Å². The van der Waals surface area contributed by atoms with Crippen molar-refractivity contribution in [1.82, 2.24) is 9.97 Å². The molecule has 7 rings (SSSR count). The number of hydrogen-bond donors (Lipinski definition) is 2. The molecule has 0 saturated heterocycles. The maximum atomic E-state index is 10.9. The van der Waals surface area contributed by atoms with Crippen molar-refractivity contribution in [3.05, 3.63) is 155 Å². The van der Waals surface area contributed by atoms with Crippen molar-refractivity contribution >= 4 is 90.4 Å². The fourth-order valence-electron chi connectivity index (χ4n) is 5.51. The summed E-state index contributed by atoms with van der Waals surface area (Å²) in [5.74, 6) is -1.32. The van der Waals surface area contributed by atoms with E-state index in [1.165, 1.54) is 52.5 Å². The van der Waals surface area contributed by atoms with Crippen molar-refractivity contribution in [3.8, 4) is 0 Å². The Balaban J connectivity index is 0.000000203. The number of aliphatic hydroxyl groups excluding tert-OH is 2. The van der Waals surface area contributed by atoms with E-state index in [9.17, 15) is 40.0 Å². The number of anilines is 1. The Morgan fingerprint density at radius 1 is 0.787 bits per heavy atom. The van der Waals surface area contributed by atoms with Crippen molar-refractivity contribution in [3.63, 3.8) is 0 Å². The predicted octanol–water partition coefficient (Wildman–Crippen LogP) is 6.02. The number of nitro groups is 2. The summed E-state index contributed by atoms with van der Waals surface area (Å²) >= 11 is 7.72. The molecule has 1 aliphatic heterocycles. The molecule has 1 radical (unpaired) electrons. The number of nitrogens with zero attached hydrogens (tertiary/aromatic N) is 10. The van der Waals surface area contributed by atoms with E-state index in [0.29, 0.717) is 0 Å². The number of hydrogen-bond acceptors (Lipinski definition) is 15. The Kier molecular flexibility index (Phi) is 15.8. The largest absolute Gasteiger partial charge is 0.506 e. The minimum absolute atomic E-state index is 0. The van der Waals surface area contributed by atoms with Crippen LogP contribution in [0.4, 0.5) is 21.4 Å². The summed E-state index contributed by atoms with van der Waals surface area (Å²) in [5.41, 5.74) is 6.31. The Morgan fingerprint density at radius 2 is 1.28 bits per heavy atom. The maximum absolute atomic E-state index is 10.9. The van der Waals surface area contributed by atoms with E-state index in [2.05, 4.69) is 123 Å². The van der Waals surface area contributed by atoms with Crippen molar-refractivity contribution in [2.24, 2.45) is 20.4 Å². The number of rotatable bonds is 7. The number of carbonyl (C=O) groups excluding carboxylic acids is 2. The summed E-state index contributed by atoms with van der Waals surface area (Å²) in [6.45, 7) is 4.50. The number of benzene rings is 2. The Morgan fingerprint density at radius 3 is 1.70 bits per heavy atom. The SMILES string of the molecule is CN(C)c1ccc(/C=C/C2=[N+](C)c3ccc(Cl)cc3C2(C)C)cc1.O=C1C=CC(=NN=c2[n-]cc([N+](=O)[O-])s2)C(O)=C1.O=C1C=CC(=NN=c2[n-]cc([N+](=O)[O-])s2)C(O)=C1.[Co]. The number of aromatic nitrogens is 2. The van der Waals surface area contributed by atoms with E-state index in [1.807, 2.05) is 6.07 Å². The topological polar surface area (TPSA) is 245 Å². The third-order valence-electron chi connectivity index (χ3n) is 8.54. The van der Waals surface area contributed by atoms with Gasteiger partial charge in [-0.3, -0.25) is 40.0 Å². The molecule has 2 N–H and O–H groups in total. The van der Waals surface area contributed by atoms with Gasteiger partial charge in [0.1, 0.15) is 30.0 Å². The van der Waals surface area contributed by atoms with Crippen LogP contribution in [-0.2, 0) is 31.8 Å². The number of allylic oxidation sites excluding steroid dienone is 7. The Labute approximate surface area is 370 Å². The molecule has 18 nitrogen and oxygen atoms in total. The van der Waals surface area contributed by atoms with E-state index in [-0.39, 0.29) is 76.3 Å². The third-order valence-corrected chi connectivity index (χ3v) is 10.4. The van der Waals surface area contributed by atoms with E-state index < -0.39 is 9.85 Å². The Bertz CT molecular complexity index is 2650. The summed E-state index contributed by atoms with van der Waals surface area (Å²) in [5, 5.41) is 54.7. The van der Waals surface area contributed by atoms with E-state index >= 15 is 0 Å². The fourth-order valence-corrected chi connectivity index (χ4v) is 6.79. The molecule has 22 heteroatoms. The van der Waals surface area contributed by atoms with Gasteiger partial charge in [0.2, 0.25) is 5.69 Å². The number of thiazole rings is 2. The predicted molar refractivity (Wildman–Crippen MR) is 229 cm³/mol. The molecule has 0 saturated carbocycles. The monoisotopic (exact) mass is 928 g/mol. The van der Waals surface area contributed by atoms with Gasteiger partial charge in [0.05, 0.1) is 15.3 Å². The maximum Gasteiger partial charge on any atom is 0.319 e. The molecule has 2 aromatic carbocycles. The standard InChI is InChI=1S/C21H24ClN2.2C9H6N4O4S.Co/c1-21(2)18-14-16(22)9-12-19(18)24(5)20(21)13-8-15-6-10-17(11-7-15)23(3)4;2*14-5-1-2-6(7(15)3-5)11-12-9-10-4-8(18-9)13(16)17;/h6-14H,1-5H3;2*1-4H,(H2,10,12,14,15);/q+1;;;/p-2. The fraction of sp³-hybridized carbons (Fsp3) is 0.154. The van der Waals surface area contributed by atoms with Crippen LogP contribution in [0.5, 0.6) is 0 Å². The van der Waals surface area contributed by atoms with Gasteiger partial charge >= 0.3 is 10.0 Å². The summed E-state index contributed by atoms with van der Waals surface area (Å²) in [6, 6.07) is 14.7. The minimum Gasteiger partial charge on any atom is -0.506 e. The van der Waals surface area contributed by atoms with Crippen molar-refractivity contribution in [2.45, 2.75) is 19.3 Å². The zero-order chi connectivity index (χ0) is 43.7. The van der Waals surface area contributed by atoms with Gasteiger partial charge in [-0.25, -0.2) is 0 Å². The number of aliphatic hydroxyl groups is 2. The second kappa shape index (κ2) is 20.5. The first-order valence-corrected chi connectivity index (χ1v) is 19.3. The van der Waals surface area contributed by atoms with E-state index in [0.717, 1.165) is 52.2 Å². The van der Waals surface area contributed by atoms with Gasteiger partial charge in [-0.1, -0.05) is 46.4 Å². The molecule has 0 amide bonds. The summed E-state index contributed by atoms with van der Waals surface area (Å²) in [4.78, 5) is 51.0. The van der Waals surface area contributed by atoms with Crippen LogP contribution in [0.3, 0.4) is 0 Å². The van der Waals surface area contributed by atoms with Gasteiger partial charge < -0.3 is 35.3 Å². The van der Waals surface area contributed by atoms with Gasteiger partial charge in [0.25, 0.3) is 0 Å². The molecule has 4 aromatic rings. The number of fused-ring (bicyclic) bond motifs is 1. The van der Waals surface area contributed by atoms with E-state index in [1.54, 1.807) is 0 Å². The normalized spacial score (nSPS) is 17.0. The van der Waals surface area contributed by atoms with Crippen LogP contribution in [0.15, 0.2) is 129 Å². The smallest absolute Gasteiger partial charge is 0.319 e. The van der Waals surface area contributed by atoms with Crippen LogP contribution in [0.1, 0.15) is 25.0 Å². The van der Waals surface area contributed by atoms with Crippen molar-refractivity contribution < 1.29 is 51.0 Å². The van der Waals surface area contributed by atoms with Gasteiger partial charge in [-0.05, 0) is 74.1 Å².